The Hall–Kier alpha value is -3.06. The van der Waals surface area contributed by atoms with Crippen LogP contribution < -0.4 is 5.32 Å². The molecule has 0 spiro atoms. The maximum Gasteiger partial charge on any atom is 0.242 e. The molecule has 3 heterocycles. The molecule has 138 valence electrons. The van der Waals surface area contributed by atoms with Gasteiger partial charge in [-0.15, -0.1) is 0 Å². The van der Waals surface area contributed by atoms with Crippen molar-refractivity contribution in [1.29, 1.82) is 0 Å². The molecule has 2 aromatic heterocycles. The van der Waals surface area contributed by atoms with Gasteiger partial charge in [0, 0.05) is 36.8 Å². The minimum atomic E-state index is -0.372. The summed E-state index contributed by atoms with van der Waals surface area (Å²) in [5.41, 5.74) is 1.75. The van der Waals surface area contributed by atoms with E-state index in [9.17, 15) is 9.18 Å². The number of pyridine rings is 1. The molecule has 0 saturated heterocycles. The fourth-order valence-corrected chi connectivity index (χ4v) is 3.26. The van der Waals surface area contributed by atoms with Gasteiger partial charge in [-0.1, -0.05) is 23.4 Å². The molecule has 1 N–H and O–H groups in total. The molecule has 3 aromatic rings. The fourth-order valence-electron chi connectivity index (χ4n) is 3.26. The maximum atomic E-state index is 14.2. The van der Waals surface area contributed by atoms with Gasteiger partial charge in [-0.05, 0) is 31.2 Å². The molecule has 1 aliphatic heterocycles. The first-order valence-electron chi connectivity index (χ1n) is 8.82. The first-order chi connectivity index (χ1) is 13.1. The van der Waals surface area contributed by atoms with E-state index in [-0.39, 0.29) is 17.8 Å². The molecule has 1 atom stereocenters. The Balaban J connectivity index is 1.53. The topological polar surface area (TPSA) is 71.3 Å². The SMILES string of the molecule is CC(C(=O)Nc1ccccn1)N1CCc2onc(-c3ccccc3F)c2C1. The average molecular weight is 366 g/mol. The summed E-state index contributed by atoms with van der Waals surface area (Å²) < 4.78 is 19.6. The van der Waals surface area contributed by atoms with E-state index in [0.29, 0.717) is 36.6 Å². The molecule has 7 heteroatoms. The third-order valence-corrected chi connectivity index (χ3v) is 4.83. The number of carbonyl (C=O) groups excluding carboxylic acids is 1. The third-order valence-electron chi connectivity index (χ3n) is 4.83. The molecule has 1 aliphatic rings. The van der Waals surface area contributed by atoms with Crippen LogP contribution in [0, 0.1) is 5.82 Å². The van der Waals surface area contributed by atoms with E-state index in [1.54, 1.807) is 36.5 Å². The highest BCUT2D eigenvalue weighted by Crippen LogP contribution is 2.32. The highest BCUT2D eigenvalue weighted by molar-refractivity contribution is 5.93. The van der Waals surface area contributed by atoms with Gasteiger partial charge in [-0.2, -0.15) is 0 Å². The van der Waals surface area contributed by atoms with Crippen LogP contribution in [0.15, 0.2) is 53.2 Å². The van der Waals surface area contributed by atoms with Crippen molar-refractivity contribution in [1.82, 2.24) is 15.0 Å². The Kier molecular flexibility index (Phi) is 4.68. The van der Waals surface area contributed by atoms with Crippen LogP contribution in [0.25, 0.3) is 11.3 Å². The van der Waals surface area contributed by atoms with Crippen molar-refractivity contribution in [2.24, 2.45) is 0 Å². The van der Waals surface area contributed by atoms with Crippen LogP contribution >= 0.6 is 0 Å². The van der Waals surface area contributed by atoms with E-state index >= 15 is 0 Å². The zero-order chi connectivity index (χ0) is 18.8. The third kappa shape index (κ3) is 3.46. The summed E-state index contributed by atoms with van der Waals surface area (Å²) in [7, 11) is 0. The number of aromatic nitrogens is 2. The van der Waals surface area contributed by atoms with E-state index in [0.717, 1.165) is 11.3 Å². The number of benzene rings is 1. The van der Waals surface area contributed by atoms with Crippen LogP contribution in [0.2, 0.25) is 0 Å². The van der Waals surface area contributed by atoms with Gasteiger partial charge in [0.2, 0.25) is 5.91 Å². The first-order valence-corrected chi connectivity index (χ1v) is 8.82. The molecule has 0 saturated carbocycles. The second-order valence-electron chi connectivity index (χ2n) is 6.51. The predicted octanol–water partition coefficient (Wildman–Crippen LogP) is 3.26. The minimum Gasteiger partial charge on any atom is -0.360 e. The summed E-state index contributed by atoms with van der Waals surface area (Å²) in [4.78, 5) is 18.7. The summed E-state index contributed by atoms with van der Waals surface area (Å²) in [5.74, 6) is 0.790. The number of carbonyl (C=O) groups is 1. The maximum absolute atomic E-state index is 14.2. The molecule has 1 amide bonds. The average Bonchev–Trinajstić information content (AvgIpc) is 3.11. The van der Waals surface area contributed by atoms with Gasteiger partial charge in [0.05, 0.1) is 6.04 Å². The van der Waals surface area contributed by atoms with Crippen molar-refractivity contribution in [3.63, 3.8) is 0 Å². The number of halogens is 1. The van der Waals surface area contributed by atoms with Crippen LogP contribution in [-0.2, 0) is 17.8 Å². The highest BCUT2D eigenvalue weighted by atomic mass is 19.1. The molecular formula is C20H19FN4O2. The summed E-state index contributed by atoms with van der Waals surface area (Å²) in [6, 6.07) is 11.5. The van der Waals surface area contributed by atoms with Crippen LogP contribution in [0.5, 0.6) is 0 Å². The zero-order valence-electron chi connectivity index (χ0n) is 14.9. The number of nitrogens with one attached hydrogen (secondary N) is 1. The van der Waals surface area contributed by atoms with Gasteiger partial charge in [0.25, 0.3) is 0 Å². The number of rotatable bonds is 4. The quantitative estimate of drug-likeness (QED) is 0.767. The van der Waals surface area contributed by atoms with E-state index in [2.05, 4.69) is 15.5 Å². The number of hydrogen-bond donors (Lipinski definition) is 1. The van der Waals surface area contributed by atoms with Crippen molar-refractivity contribution >= 4 is 11.7 Å². The van der Waals surface area contributed by atoms with Crippen molar-refractivity contribution < 1.29 is 13.7 Å². The van der Waals surface area contributed by atoms with E-state index in [4.69, 9.17) is 4.52 Å². The molecule has 1 aromatic carbocycles. The second kappa shape index (κ2) is 7.28. The number of hydrogen-bond acceptors (Lipinski definition) is 5. The Labute approximate surface area is 156 Å². The smallest absolute Gasteiger partial charge is 0.242 e. The van der Waals surface area contributed by atoms with Gasteiger partial charge in [-0.25, -0.2) is 9.37 Å². The number of anilines is 1. The largest absolute Gasteiger partial charge is 0.360 e. The normalized spacial score (nSPS) is 15.2. The molecule has 1 unspecified atom stereocenters. The van der Waals surface area contributed by atoms with Crippen molar-refractivity contribution in [2.45, 2.75) is 25.9 Å². The molecular weight excluding hydrogens is 347 g/mol. The van der Waals surface area contributed by atoms with Crippen molar-refractivity contribution in [2.75, 3.05) is 11.9 Å². The van der Waals surface area contributed by atoms with Gasteiger partial charge in [0.15, 0.2) is 0 Å². The highest BCUT2D eigenvalue weighted by Gasteiger charge is 2.30. The van der Waals surface area contributed by atoms with E-state index < -0.39 is 0 Å². The lowest BCUT2D eigenvalue weighted by atomic mass is 10.00. The zero-order valence-corrected chi connectivity index (χ0v) is 14.9. The van der Waals surface area contributed by atoms with Crippen LogP contribution in [0.4, 0.5) is 10.2 Å². The monoisotopic (exact) mass is 366 g/mol. The van der Waals surface area contributed by atoms with Gasteiger partial charge in [0.1, 0.15) is 23.1 Å². The molecule has 0 fully saturated rings. The first kappa shape index (κ1) is 17.4. The summed E-state index contributed by atoms with van der Waals surface area (Å²) in [6.45, 7) is 2.98. The molecule has 0 radical (unpaired) electrons. The lowest BCUT2D eigenvalue weighted by molar-refractivity contribution is -0.121. The Morgan fingerprint density at radius 3 is 2.85 bits per heavy atom. The number of amides is 1. The second-order valence-corrected chi connectivity index (χ2v) is 6.51. The van der Waals surface area contributed by atoms with Gasteiger partial charge < -0.3 is 9.84 Å². The Morgan fingerprint density at radius 2 is 2.07 bits per heavy atom. The number of nitrogens with zero attached hydrogens (tertiary/aromatic N) is 3. The predicted molar refractivity (Wildman–Crippen MR) is 98.3 cm³/mol. The fraction of sp³-hybridized carbons (Fsp3) is 0.250. The molecule has 0 bridgehead atoms. The molecule has 0 aliphatic carbocycles. The standard InChI is InChI=1S/C20H19FN4O2/c1-13(20(26)23-18-8-4-5-10-22-18)25-11-9-17-15(12-25)19(24-27-17)14-6-2-3-7-16(14)21/h2-8,10,13H,9,11-12H2,1H3,(H,22,23,26). The lowest BCUT2D eigenvalue weighted by Gasteiger charge is -2.30. The summed E-state index contributed by atoms with van der Waals surface area (Å²) in [6.07, 6.45) is 2.25. The lowest BCUT2D eigenvalue weighted by Crippen LogP contribution is -2.44. The molecule has 4 rings (SSSR count). The van der Waals surface area contributed by atoms with Gasteiger partial charge >= 0.3 is 0 Å². The van der Waals surface area contributed by atoms with Gasteiger partial charge in [-0.3, -0.25) is 9.69 Å². The summed E-state index contributed by atoms with van der Waals surface area (Å²) >= 11 is 0. The molecule has 27 heavy (non-hydrogen) atoms. The van der Waals surface area contributed by atoms with E-state index in [1.807, 2.05) is 17.9 Å². The number of fused-ring (bicyclic) bond motifs is 1. The summed E-state index contributed by atoms with van der Waals surface area (Å²) in [5, 5.41) is 6.90. The van der Waals surface area contributed by atoms with Crippen LogP contribution in [0.1, 0.15) is 18.2 Å². The Bertz CT molecular complexity index is 958. The molecule has 6 nitrogen and oxygen atoms in total. The van der Waals surface area contributed by atoms with Crippen molar-refractivity contribution in [3.8, 4) is 11.3 Å². The Morgan fingerprint density at radius 1 is 1.26 bits per heavy atom. The van der Waals surface area contributed by atoms with Crippen LogP contribution in [-0.4, -0.2) is 33.5 Å². The van der Waals surface area contributed by atoms with E-state index in [1.165, 1.54) is 6.07 Å². The van der Waals surface area contributed by atoms with Crippen molar-refractivity contribution in [3.05, 3.63) is 65.8 Å². The minimum absolute atomic E-state index is 0.138. The van der Waals surface area contributed by atoms with Crippen LogP contribution in [0.3, 0.4) is 0 Å².